The summed E-state index contributed by atoms with van der Waals surface area (Å²) in [5, 5.41) is 6.03. The maximum absolute atomic E-state index is 12.5. The molecule has 2 rings (SSSR count). The van der Waals surface area contributed by atoms with Gasteiger partial charge in [-0.25, -0.2) is 0 Å². The summed E-state index contributed by atoms with van der Waals surface area (Å²) >= 11 is 0. The molecule has 2 aromatic rings. The topological polar surface area (TPSA) is 58.2 Å². The summed E-state index contributed by atoms with van der Waals surface area (Å²) in [6, 6.07) is 15.5. The maximum Gasteiger partial charge on any atom is 0.251 e. The first-order valence-electron chi connectivity index (χ1n) is 10.6. The third-order valence-corrected chi connectivity index (χ3v) is 5.29. The second-order valence-corrected chi connectivity index (χ2v) is 8.18. The Morgan fingerprint density at radius 3 is 1.62 bits per heavy atom. The van der Waals surface area contributed by atoms with Crippen LogP contribution in [-0.4, -0.2) is 24.4 Å². The average molecular weight is 395 g/mol. The number of nitrogens with one attached hydrogen (secondary N) is 2. The molecule has 0 aliphatic carbocycles. The minimum absolute atomic E-state index is 0.0240. The molecule has 0 saturated heterocycles. The molecular weight excluding hydrogens is 360 g/mol. The quantitative estimate of drug-likeness (QED) is 0.609. The molecule has 0 heterocycles. The highest BCUT2D eigenvalue weighted by Gasteiger charge is 2.13. The van der Waals surface area contributed by atoms with E-state index in [1.54, 1.807) is 0 Å². The molecule has 0 saturated carbocycles. The first-order valence-corrected chi connectivity index (χ1v) is 10.6. The summed E-state index contributed by atoms with van der Waals surface area (Å²) < 4.78 is 0. The van der Waals surface area contributed by atoms with Crippen molar-refractivity contribution in [2.75, 3.05) is 6.54 Å². The minimum atomic E-state index is -0.0780. The third kappa shape index (κ3) is 6.74. The van der Waals surface area contributed by atoms with Gasteiger partial charge in [-0.05, 0) is 60.1 Å². The first kappa shape index (κ1) is 22.7. The largest absolute Gasteiger partial charge is 0.352 e. The summed E-state index contributed by atoms with van der Waals surface area (Å²) in [7, 11) is 0. The van der Waals surface area contributed by atoms with Crippen LogP contribution in [0.5, 0.6) is 0 Å². The zero-order valence-corrected chi connectivity index (χ0v) is 18.3. The second kappa shape index (κ2) is 10.8. The molecule has 156 valence electrons. The predicted molar refractivity (Wildman–Crippen MR) is 120 cm³/mol. The summed E-state index contributed by atoms with van der Waals surface area (Å²) in [5.41, 5.74) is 3.77. The Hall–Kier alpha value is -2.62. The van der Waals surface area contributed by atoms with Crippen molar-refractivity contribution in [3.05, 3.63) is 70.8 Å². The molecule has 0 aliphatic heterocycles. The van der Waals surface area contributed by atoms with Gasteiger partial charge in [0.25, 0.3) is 11.8 Å². The summed E-state index contributed by atoms with van der Waals surface area (Å²) in [6.45, 7) is 11.1. The van der Waals surface area contributed by atoms with Crippen LogP contribution in [0, 0.1) is 0 Å². The number of hydrogen-bond acceptors (Lipinski definition) is 2. The Balaban J connectivity index is 1.83. The highest BCUT2D eigenvalue weighted by molar-refractivity contribution is 5.95. The monoisotopic (exact) mass is 394 g/mol. The molecular formula is C25H34N2O2. The van der Waals surface area contributed by atoms with E-state index in [1.165, 1.54) is 11.1 Å². The lowest BCUT2D eigenvalue weighted by atomic mass is 10.0. The van der Waals surface area contributed by atoms with E-state index in [2.05, 4.69) is 38.3 Å². The number of rotatable bonds is 9. The molecule has 0 aromatic heterocycles. The van der Waals surface area contributed by atoms with Crippen LogP contribution in [-0.2, 0) is 0 Å². The van der Waals surface area contributed by atoms with Crippen molar-refractivity contribution in [2.24, 2.45) is 0 Å². The lowest BCUT2D eigenvalue weighted by molar-refractivity contribution is 0.0932. The van der Waals surface area contributed by atoms with Gasteiger partial charge in [-0.1, -0.05) is 58.9 Å². The Labute approximate surface area is 175 Å². The van der Waals surface area contributed by atoms with Crippen molar-refractivity contribution >= 4 is 11.8 Å². The van der Waals surface area contributed by atoms with Crippen molar-refractivity contribution in [3.63, 3.8) is 0 Å². The van der Waals surface area contributed by atoms with Crippen LogP contribution in [0.4, 0.5) is 0 Å². The Morgan fingerprint density at radius 1 is 0.759 bits per heavy atom. The van der Waals surface area contributed by atoms with Crippen molar-refractivity contribution in [1.29, 1.82) is 0 Å². The van der Waals surface area contributed by atoms with Crippen LogP contribution in [0.25, 0.3) is 0 Å². The van der Waals surface area contributed by atoms with Crippen LogP contribution >= 0.6 is 0 Å². The van der Waals surface area contributed by atoms with E-state index >= 15 is 0 Å². The van der Waals surface area contributed by atoms with Gasteiger partial charge in [-0.3, -0.25) is 9.59 Å². The molecule has 0 unspecified atom stereocenters. The van der Waals surface area contributed by atoms with E-state index < -0.39 is 0 Å². The van der Waals surface area contributed by atoms with Crippen LogP contribution in [0.15, 0.2) is 48.5 Å². The predicted octanol–water partition coefficient (Wildman–Crippen LogP) is 5.26. The molecule has 2 N–H and O–H groups in total. The fourth-order valence-electron chi connectivity index (χ4n) is 3.15. The highest BCUT2D eigenvalue weighted by atomic mass is 16.2. The van der Waals surface area contributed by atoms with E-state index in [0.29, 0.717) is 35.9 Å². The zero-order chi connectivity index (χ0) is 21.4. The van der Waals surface area contributed by atoms with Gasteiger partial charge in [0.05, 0.1) is 0 Å². The summed E-state index contributed by atoms with van der Waals surface area (Å²) in [4.78, 5) is 24.8. The van der Waals surface area contributed by atoms with Gasteiger partial charge in [0.15, 0.2) is 0 Å². The number of hydrogen-bond donors (Lipinski definition) is 2. The number of carbonyl (C=O) groups excluding carboxylic acids is 2. The van der Waals surface area contributed by atoms with E-state index in [1.807, 2.05) is 55.5 Å². The SMILES string of the molecule is CC[C@H](CCNC(=O)c1ccc(C(C)C)cc1)NC(=O)c1ccc(C(C)C)cc1. The van der Waals surface area contributed by atoms with Gasteiger partial charge >= 0.3 is 0 Å². The van der Waals surface area contributed by atoms with Gasteiger partial charge in [0.2, 0.25) is 0 Å². The van der Waals surface area contributed by atoms with Crippen molar-refractivity contribution in [2.45, 2.75) is 65.3 Å². The molecule has 29 heavy (non-hydrogen) atoms. The van der Waals surface area contributed by atoms with E-state index in [-0.39, 0.29) is 17.9 Å². The van der Waals surface area contributed by atoms with Crippen LogP contribution in [0.3, 0.4) is 0 Å². The van der Waals surface area contributed by atoms with Crippen LogP contribution in [0.2, 0.25) is 0 Å². The number of benzene rings is 2. The molecule has 4 nitrogen and oxygen atoms in total. The van der Waals surface area contributed by atoms with Gasteiger partial charge in [0, 0.05) is 23.7 Å². The van der Waals surface area contributed by atoms with Crippen molar-refractivity contribution in [3.8, 4) is 0 Å². The number of carbonyl (C=O) groups is 2. The molecule has 1 atom stereocenters. The smallest absolute Gasteiger partial charge is 0.251 e. The molecule has 0 radical (unpaired) electrons. The first-order chi connectivity index (χ1) is 13.8. The lowest BCUT2D eigenvalue weighted by Gasteiger charge is -2.18. The molecule has 2 amide bonds. The molecule has 0 fully saturated rings. The molecule has 4 heteroatoms. The van der Waals surface area contributed by atoms with E-state index in [4.69, 9.17) is 0 Å². The molecule has 0 spiro atoms. The fourth-order valence-corrected chi connectivity index (χ4v) is 3.15. The van der Waals surface area contributed by atoms with E-state index in [9.17, 15) is 9.59 Å². The Kier molecular flexibility index (Phi) is 8.44. The fraction of sp³-hybridized carbons (Fsp3) is 0.440. The standard InChI is InChI=1S/C25H34N2O2/c1-6-23(27-25(29)22-13-9-20(10-14-22)18(4)5)15-16-26-24(28)21-11-7-19(8-12-21)17(2)3/h7-14,17-18,23H,6,15-16H2,1-5H3,(H,26,28)(H,27,29)/t23-/m1/s1. The molecule has 2 aromatic carbocycles. The van der Waals surface area contributed by atoms with Gasteiger partial charge in [-0.2, -0.15) is 0 Å². The lowest BCUT2D eigenvalue weighted by Crippen LogP contribution is -2.37. The maximum atomic E-state index is 12.5. The summed E-state index contributed by atoms with van der Waals surface area (Å²) in [6.07, 6.45) is 1.51. The molecule has 0 bridgehead atoms. The zero-order valence-electron chi connectivity index (χ0n) is 18.3. The van der Waals surface area contributed by atoms with Crippen LogP contribution < -0.4 is 10.6 Å². The van der Waals surface area contributed by atoms with Gasteiger partial charge in [-0.15, -0.1) is 0 Å². The van der Waals surface area contributed by atoms with E-state index in [0.717, 1.165) is 6.42 Å². The van der Waals surface area contributed by atoms with Crippen LogP contribution in [0.1, 0.15) is 91.1 Å². The second-order valence-electron chi connectivity index (χ2n) is 8.18. The van der Waals surface area contributed by atoms with Crippen molar-refractivity contribution < 1.29 is 9.59 Å². The van der Waals surface area contributed by atoms with Gasteiger partial charge < -0.3 is 10.6 Å². The number of amides is 2. The minimum Gasteiger partial charge on any atom is -0.352 e. The van der Waals surface area contributed by atoms with Crippen molar-refractivity contribution in [1.82, 2.24) is 10.6 Å². The third-order valence-electron chi connectivity index (χ3n) is 5.29. The molecule has 0 aliphatic rings. The normalized spacial score (nSPS) is 12.1. The Bertz CT molecular complexity index is 793. The highest BCUT2D eigenvalue weighted by Crippen LogP contribution is 2.16. The summed E-state index contributed by atoms with van der Waals surface area (Å²) in [5.74, 6) is 0.747. The Morgan fingerprint density at radius 2 is 1.21 bits per heavy atom. The van der Waals surface area contributed by atoms with Gasteiger partial charge in [0.1, 0.15) is 0 Å². The average Bonchev–Trinajstić information content (AvgIpc) is 2.72.